The van der Waals surface area contributed by atoms with E-state index in [0.717, 1.165) is 12.8 Å². The van der Waals surface area contributed by atoms with Crippen LogP contribution in [0.2, 0.25) is 0 Å². The van der Waals surface area contributed by atoms with Gasteiger partial charge in [-0.25, -0.2) is 9.48 Å². The number of aromatic nitrogens is 3. The number of aldehydes is 1. The Balaban J connectivity index is 2.00. The van der Waals surface area contributed by atoms with Crippen LogP contribution in [0.15, 0.2) is 6.20 Å². The van der Waals surface area contributed by atoms with E-state index in [9.17, 15) is 9.59 Å². The maximum absolute atomic E-state index is 12.1. The Bertz CT molecular complexity index is 492. The number of ether oxygens (including phenoxy) is 1. The molecule has 1 unspecified atom stereocenters. The van der Waals surface area contributed by atoms with Crippen molar-refractivity contribution in [3.05, 3.63) is 11.9 Å². The molecule has 1 atom stereocenters. The van der Waals surface area contributed by atoms with Crippen molar-refractivity contribution in [3.8, 4) is 0 Å². The Hall–Kier alpha value is -1.92. The van der Waals surface area contributed by atoms with Crippen LogP contribution in [0.1, 0.15) is 44.1 Å². The van der Waals surface area contributed by atoms with Crippen molar-refractivity contribution in [3.63, 3.8) is 0 Å². The zero-order valence-corrected chi connectivity index (χ0v) is 12.1. The minimum Gasteiger partial charge on any atom is -0.444 e. The van der Waals surface area contributed by atoms with Crippen LogP contribution < -0.4 is 0 Å². The predicted molar refractivity (Wildman–Crippen MR) is 71.4 cm³/mol. The molecule has 110 valence electrons. The van der Waals surface area contributed by atoms with Gasteiger partial charge in [-0.3, -0.25) is 4.79 Å². The summed E-state index contributed by atoms with van der Waals surface area (Å²) in [7, 11) is 0. The Morgan fingerprint density at radius 3 is 2.90 bits per heavy atom. The molecule has 0 N–H and O–H groups in total. The summed E-state index contributed by atoms with van der Waals surface area (Å²) in [5, 5.41) is 7.59. The fraction of sp³-hybridized carbons (Fsp3) is 0.692. The maximum Gasteiger partial charge on any atom is 0.410 e. The van der Waals surface area contributed by atoms with Crippen LogP contribution in [0.5, 0.6) is 0 Å². The van der Waals surface area contributed by atoms with Crippen molar-refractivity contribution in [1.29, 1.82) is 0 Å². The van der Waals surface area contributed by atoms with Gasteiger partial charge >= 0.3 is 6.09 Å². The van der Waals surface area contributed by atoms with E-state index in [4.69, 9.17) is 4.74 Å². The van der Waals surface area contributed by atoms with Crippen molar-refractivity contribution < 1.29 is 14.3 Å². The Kier molecular flexibility index (Phi) is 4.06. The molecule has 1 amide bonds. The summed E-state index contributed by atoms with van der Waals surface area (Å²) in [4.78, 5) is 24.4. The number of carbonyl (C=O) groups excluding carboxylic acids is 2. The van der Waals surface area contributed by atoms with Crippen molar-refractivity contribution in [2.24, 2.45) is 0 Å². The maximum atomic E-state index is 12.1. The van der Waals surface area contributed by atoms with Gasteiger partial charge in [0.1, 0.15) is 11.3 Å². The average Bonchev–Trinajstić information content (AvgIpc) is 2.96. The number of likely N-dealkylation sites (tertiary alicyclic amines) is 1. The van der Waals surface area contributed by atoms with Crippen LogP contribution in [0, 0.1) is 0 Å². The van der Waals surface area contributed by atoms with Crippen molar-refractivity contribution in [1.82, 2.24) is 19.9 Å². The van der Waals surface area contributed by atoms with Crippen LogP contribution >= 0.6 is 0 Å². The molecule has 1 aromatic rings. The lowest BCUT2D eigenvalue weighted by Gasteiger charge is -2.28. The number of rotatable bonds is 3. The van der Waals surface area contributed by atoms with Gasteiger partial charge in [0.2, 0.25) is 0 Å². The SMILES string of the molecule is CC(C)(C)OC(=O)N1CCCC1Cn1cc(C=O)nn1. The third-order valence-corrected chi connectivity index (χ3v) is 3.08. The first-order chi connectivity index (χ1) is 9.39. The second-order valence-electron chi connectivity index (χ2n) is 5.95. The largest absolute Gasteiger partial charge is 0.444 e. The van der Waals surface area contributed by atoms with E-state index in [0.29, 0.717) is 25.1 Å². The summed E-state index contributed by atoms with van der Waals surface area (Å²) in [5.41, 5.74) is -0.200. The molecular formula is C13H20N4O3. The van der Waals surface area contributed by atoms with Crippen molar-refractivity contribution in [2.75, 3.05) is 6.54 Å². The molecule has 1 fully saturated rings. The molecule has 7 nitrogen and oxygen atoms in total. The van der Waals surface area contributed by atoms with Crippen LogP contribution in [0.3, 0.4) is 0 Å². The molecule has 2 rings (SSSR count). The highest BCUT2D eigenvalue weighted by Crippen LogP contribution is 2.21. The van der Waals surface area contributed by atoms with Crippen LogP contribution in [-0.4, -0.2) is 50.5 Å². The fourth-order valence-corrected chi connectivity index (χ4v) is 2.26. The van der Waals surface area contributed by atoms with Crippen LogP contribution in [0.4, 0.5) is 4.79 Å². The Morgan fingerprint density at radius 1 is 1.55 bits per heavy atom. The summed E-state index contributed by atoms with van der Waals surface area (Å²) < 4.78 is 7.00. The second kappa shape index (κ2) is 5.60. The zero-order chi connectivity index (χ0) is 14.8. The molecule has 0 aliphatic carbocycles. The molecule has 1 aliphatic rings. The lowest BCUT2D eigenvalue weighted by atomic mass is 10.2. The Labute approximate surface area is 117 Å². The van der Waals surface area contributed by atoms with E-state index < -0.39 is 5.60 Å². The highest BCUT2D eigenvalue weighted by Gasteiger charge is 2.32. The van der Waals surface area contributed by atoms with Gasteiger partial charge in [0.05, 0.1) is 18.8 Å². The first-order valence-corrected chi connectivity index (χ1v) is 6.74. The minimum atomic E-state index is -0.498. The van der Waals surface area contributed by atoms with Crippen molar-refractivity contribution in [2.45, 2.75) is 51.8 Å². The van der Waals surface area contributed by atoms with E-state index in [-0.39, 0.29) is 12.1 Å². The van der Waals surface area contributed by atoms with Gasteiger partial charge in [0.15, 0.2) is 6.29 Å². The van der Waals surface area contributed by atoms with Gasteiger partial charge in [-0.05, 0) is 33.6 Å². The molecular weight excluding hydrogens is 260 g/mol. The second-order valence-corrected chi connectivity index (χ2v) is 5.95. The number of hydrogen-bond donors (Lipinski definition) is 0. The molecule has 0 radical (unpaired) electrons. The highest BCUT2D eigenvalue weighted by molar-refractivity contribution is 5.70. The van der Waals surface area contributed by atoms with Crippen LogP contribution in [0.25, 0.3) is 0 Å². The molecule has 0 spiro atoms. The molecule has 1 saturated heterocycles. The van der Waals surface area contributed by atoms with Crippen molar-refractivity contribution >= 4 is 12.4 Å². The molecule has 0 bridgehead atoms. The lowest BCUT2D eigenvalue weighted by molar-refractivity contribution is 0.0211. The number of nitrogens with zero attached hydrogens (tertiary/aromatic N) is 4. The summed E-state index contributed by atoms with van der Waals surface area (Å²) >= 11 is 0. The van der Waals surface area contributed by atoms with E-state index >= 15 is 0 Å². The normalized spacial score (nSPS) is 19.1. The van der Waals surface area contributed by atoms with E-state index in [1.165, 1.54) is 0 Å². The smallest absolute Gasteiger partial charge is 0.410 e. The van der Waals surface area contributed by atoms with Crippen LogP contribution in [-0.2, 0) is 11.3 Å². The van der Waals surface area contributed by atoms with Gasteiger partial charge in [0, 0.05) is 6.54 Å². The molecule has 2 heterocycles. The van der Waals surface area contributed by atoms with Gasteiger partial charge in [-0.2, -0.15) is 0 Å². The van der Waals surface area contributed by atoms with E-state index in [1.807, 2.05) is 20.8 Å². The topological polar surface area (TPSA) is 77.3 Å². The standard InChI is InChI=1S/C13H20N4O3/c1-13(2,3)20-12(19)17-6-4-5-11(17)8-16-7-10(9-18)14-15-16/h7,9,11H,4-6,8H2,1-3H3. The summed E-state index contributed by atoms with van der Waals surface area (Å²) in [6.45, 7) is 6.77. The van der Waals surface area contributed by atoms with Gasteiger partial charge in [0.25, 0.3) is 0 Å². The summed E-state index contributed by atoms with van der Waals surface area (Å²) in [6.07, 6.45) is 3.78. The molecule has 1 aliphatic heterocycles. The first-order valence-electron chi connectivity index (χ1n) is 6.74. The third-order valence-electron chi connectivity index (χ3n) is 3.08. The third kappa shape index (κ3) is 3.55. The van der Waals surface area contributed by atoms with Gasteiger partial charge in [-0.1, -0.05) is 5.21 Å². The van der Waals surface area contributed by atoms with E-state index in [2.05, 4.69) is 10.3 Å². The molecule has 7 heteroatoms. The molecule has 0 aromatic carbocycles. The molecule has 1 aromatic heterocycles. The quantitative estimate of drug-likeness (QED) is 0.784. The van der Waals surface area contributed by atoms with Gasteiger partial charge in [-0.15, -0.1) is 5.10 Å². The minimum absolute atomic E-state index is 0.0334. The van der Waals surface area contributed by atoms with Gasteiger partial charge < -0.3 is 9.64 Å². The first kappa shape index (κ1) is 14.5. The number of amides is 1. The summed E-state index contributed by atoms with van der Waals surface area (Å²) in [6, 6.07) is 0.0334. The average molecular weight is 280 g/mol. The zero-order valence-electron chi connectivity index (χ0n) is 12.1. The summed E-state index contributed by atoms with van der Waals surface area (Å²) in [5.74, 6) is 0. The lowest BCUT2D eigenvalue weighted by Crippen LogP contribution is -2.41. The fourth-order valence-electron chi connectivity index (χ4n) is 2.26. The van der Waals surface area contributed by atoms with E-state index in [1.54, 1.807) is 15.8 Å². The number of hydrogen-bond acceptors (Lipinski definition) is 5. The highest BCUT2D eigenvalue weighted by atomic mass is 16.6. The monoisotopic (exact) mass is 280 g/mol. The molecule has 20 heavy (non-hydrogen) atoms. The number of carbonyl (C=O) groups is 2. The molecule has 0 saturated carbocycles. The Morgan fingerprint density at radius 2 is 2.30 bits per heavy atom. The predicted octanol–water partition coefficient (Wildman–Crippen LogP) is 1.49.